The number of piperidine rings is 1. The van der Waals surface area contributed by atoms with Crippen molar-refractivity contribution in [2.24, 2.45) is 5.92 Å². The average molecular weight is 264 g/mol. The first-order chi connectivity index (χ1) is 9.06. The lowest BCUT2D eigenvalue weighted by Crippen LogP contribution is -2.40. The van der Waals surface area contributed by atoms with Gasteiger partial charge >= 0.3 is 5.69 Å². The van der Waals surface area contributed by atoms with Crippen molar-refractivity contribution in [2.75, 3.05) is 18.4 Å². The molecule has 1 fully saturated rings. The quantitative estimate of drug-likeness (QED) is 0.784. The number of likely N-dealkylation sites (tertiary alicyclic amines) is 1. The van der Waals surface area contributed by atoms with Crippen molar-refractivity contribution >= 4 is 17.6 Å². The summed E-state index contributed by atoms with van der Waals surface area (Å²) >= 11 is 0. The maximum absolute atomic E-state index is 12.0. The van der Waals surface area contributed by atoms with Gasteiger partial charge in [-0.15, -0.1) is 0 Å². The highest BCUT2D eigenvalue weighted by Crippen LogP contribution is 2.18. The van der Waals surface area contributed by atoms with Crippen molar-refractivity contribution in [1.82, 2.24) is 14.9 Å². The molecule has 2 N–H and O–H groups in total. The highest BCUT2D eigenvalue weighted by molar-refractivity contribution is 5.91. The summed E-state index contributed by atoms with van der Waals surface area (Å²) in [5.74, 6) is 0.119. The van der Waals surface area contributed by atoms with Gasteiger partial charge in [0.25, 0.3) is 0 Å². The first kappa shape index (κ1) is 13.3. The molecule has 102 valence electrons. The summed E-state index contributed by atoms with van der Waals surface area (Å²) in [4.78, 5) is 41.8. The van der Waals surface area contributed by atoms with E-state index in [0.29, 0.717) is 31.7 Å². The van der Waals surface area contributed by atoms with Gasteiger partial charge in [0.1, 0.15) is 5.82 Å². The van der Waals surface area contributed by atoms with Crippen molar-refractivity contribution in [2.45, 2.75) is 19.8 Å². The summed E-state index contributed by atoms with van der Waals surface area (Å²) in [7, 11) is 0. The number of hydrogen-bond donors (Lipinski definition) is 2. The number of nitrogens with one attached hydrogen (secondary N) is 2. The third-order valence-corrected chi connectivity index (χ3v) is 3.24. The molecular weight excluding hydrogens is 248 g/mol. The molecule has 2 amide bonds. The molecule has 2 rings (SSSR count). The second-order valence-corrected chi connectivity index (χ2v) is 4.56. The first-order valence-electron chi connectivity index (χ1n) is 6.18. The lowest BCUT2D eigenvalue weighted by atomic mass is 9.96. The molecule has 1 aromatic heterocycles. The Balaban J connectivity index is 1.91. The molecule has 0 atom stereocenters. The number of rotatable bonds is 2. The van der Waals surface area contributed by atoms with Crippen molar-refractivity contribution in [1.29, 1.82) is 0 Å². The molecule has 0 radical (unpaired) electrons. The van der Waals surface area contributed by atoms with Crippen LogP contribution in [-0.2, 0) is 9.59 Å². The van der Waals surface area contributed by atoms with Gasteiger partial charge in [-0.1, -0.05) is 0 Å². The van der Waals surface area contributed by atoms with Crippen LogP contribution in [0, 0.1) is 5.92 Å². The summed E-state index contributed by atoms with van der Waals surface area (Å²) in [6.07, 6.45) is 2.62. The van der Waals surface area contributed by atoms with Gasteiger partial charge in [-0.2, -0.15) is 0 Å². The number of aromatic amines is 1. The van der Waals surface area contributed by atoms with E-state index >= 15 is 0 Å². The molecule has 1 aliphatic heterocycles. The Bertz CT molecular complexity index is 532. The second-order valence-electron chi connectivity index (χ2n) is 4.56. The maximum Gasteiger partial charge on any atom is 0.346 e. The third kappa shape index (κ3) is 3.40. The topological polar surface area (TPSA) is 95.2 Å². The number of aromatic nitrogens is 2. The molecule has 0 saturated carbocycles. The SMILES string of the molecule is CC(=O)N1CCC(C(=O)Nc2ccnc(=O)[nH]2)CC1. The second kappa shape index (κ2) is 5.64. The van der Waals surface area contributed by atoms with Gasteiger partial charge in [0.05, 0.1) is 0 Å². The van der Waals surface area contributed by atoms with E-state index in [1.54, 1.807) is 4.90 Å². The van der Waals surface area contributed by atoms with Crippen LogP contribution in [0.1, 0.15) is 19.8 Å². The minimum atomic E-state index is -0.496. The summed E-state index contributed by atoms with van der Waals surface area (Å²) < 4.78 is 0. The molecule has 0 aromatic carbocycles. The zero-order chi connectivity index (χ0) is 13.8. The largest absolute Gasteiger partial charge is 0.346 e. The summed E-state index contributed by atoms with van der Waals surface area (Å²) in [6, 6.07) is 1.53. The van der Waals surface area contributed by atoms with Crippen LogP contribution >= 0.6 is 0 Å². The molecular formula is C12H16N4O3. The standard InChI is InChI=1S/C12H16N4O3/c1-8(17)16-6-3-9(4-7-16)11(18)14-10-2-5-13-12(19)15-10/h2,5,9H,3-4,6-7H2,1H3,(H2,13,14,15,18,19). The van der Waals surface area contributed by atoms with Crippen LogP contribution in [0.25, 0.3) is 0 Å². The Morgan fingerprint density at radius 1 is 1.42 bits per heavy atom. The van der Waals surface area contributed by atoms with Gasteiger partial charge < -0.3 is 10.2 Å². The lowest BCUT2D eigenvalue weighted by molar-refractivity contribution is -0.132. The van der Waals surface area contributed by atoms with Crippen molar-refractivity contribution < 1.29 is 9.59 Å². The van der Waals surface area contributed by atoms with Crippen LogP contribution in [0.15, 0.2) is 17.1 Å². The fourth-order valence-electron chi connectivity index (χ4n) is 2.13. The van der Waals surface area contributed by atoms with Crippen LogP contribution in [0.2, 0.25) is 0 Å². The number of hydrogen-bond acceptors (Lipinski definition) is 4. The fraction of sp³-hybridized carbons (Fsp3) is 0.500. The van der Waals surface area contributed by atoms with Gasteiger partial charge in [-0.3, -0.25) is 14.6 Å². The van der Waals surface area contributed by atoms with Gasteiger partial charge in [-0.05, 0) is 18.9 Å². The van der Waals surface area contributed by atoms with E-state index in [2.05, 4.69) is 15.3 Å². The van der Waals surface area contributed by atoms with Gasteiger partial charge in [0.15, 0.2) is 0 Å². The van der Waals surface area contributed by atoms with E-state index in [9.17, 15) is 14.4 Å². The van der Waals surface area contributed by atoms with Gasteiger partial charge in [-0.25, -0.2) is 9.78 Å². The zero-order valence-electron chi connectivity index (χ0n) is 10.7. The normalized spacial score (nSPS) is 16.2. The number of nitrogens with zero attached hydrogens (tertiary/aromatic N) is 2. The molecule has 2 heterocycles. The minimum Gasteiger partial charge on any atom is -0.343 e. The van der Waals surface area contributed by atoms with Crippen LogP contribution in [0.4, 0.5) is 5.82 Å². The van der Waals surface area contributed by atoms with Gasteiger partial charge in [0.2, 0.25) is 11.8 Å². The molecule has 0 aliphatic carbocycles. The zero-order valence-corrected chi connectivity index (χ0v) is 10.7. The minimum absolute atomic E-state index is 0.0392. The van der Waals surface area contributed by atoms with Crippen molar-refractivity contribution in [3.8, 4) is 0 Å². The monoisotopic (exact) mass is 264 g/mol. The van der Waals surface area contributed by atoms with Crippen LogP contribution in [-0.4, -0.2) is 39.8 Å². The van der Waals surface area contributed by atoms with Crippen molar-refractivity contribution in [3.05, 3.63) is 22.7 Å². The molecule has 19 heavy (non-hydrogen) atoms. The summed E-state index contributed by atoms with van der Waals surface area (Å²) in [5.41, 5.74) is -0.496. The molecule has 0 bridgehead atoms. The number of amides is 2. The Kier molecular flexibility index (Phi) is 3.94. The van der Waals surface area contributed by atoms with E-state index in [0.717, 1.165) is 0 Å². The Morgan fingerprint density at radius 2 is 2.11 bits per heavy atom. The van der Waals surface area contributed by atoms with Crippen LogP contribution in [0.3, 0.4) is 0 Å². The molecule has 7 heteroatoms. The predicted octanol–water partition coefficient (Wildman–Crippen LogP) is -0.0331. The predicted molar refractivity (Wildman–Crippen MR) is 68.5 cm³/mol. The Morgan fingerprint density at radius 3 is 2.68 bits per heavy atom. The smallest absolute Gasteiger partial charge is 0.343 e. The number of carbonyl (C=O) groups is 2. The van der Waals surface area contributed by atoms with E-state index < -0.39 is 5.69 Å². The lowest BCUT2D eigenvalue weighted by Gasteiger charge is -2.30. The van der Waals surface area contributed by atoms with Crippen LogP contribution < -0.4 is 11.0 Å². The highest BCUT2D eigenvalue weighted by atomic mass is 16.2. The Labute approximate surface area is 110 Å². The number of anilines is 1. The van der Waals surface area contributed by atoms with E-state index in [1.165, 1.54) is 19.2 Å². The van der Waals surface area contributed by atoms with Gasteiger partial charge in [0, 0.05) is 32.1 Å². The Hall–Kier alpha value is -2.18. The van der Waals surface area contributed by atoms with E-state index in [1.807, 2.05) is 0 Å². The first-order valence-corrected chi connectivity index (χ1v) is 6.18. The molecule has 0 spiro atoms. The van der Waals surface area contributed by atoms with E-state index in [4.69, 9.17) is 0 Å². The summed E-state index contributed by atoms with van der Waals surface area (Å²) in [5, 5.41) is 2.66. The van der Waals surface area contributed by atoms with Crippen molar-refractivity contribution in [3.63, 3.8) is 0 Å². The summed E-state index contributed by atoms with van der Waals surface area (Å²) in [6.45, 7) is 2.72. The molecule has 7 nitrogen and oxygen atoms in total. The highest BCUT2D eigenvalue weighted by Gasteiger charge is 2.26. The third-order valence-electron chi connectivity index (χ3n) is 3.24. The van der Waals surface area contributed by atoms with Crippen LogP contribution in [0.5, 0.6) is 0 Å². The molecule has 1 aliphatic rings. The number of carbonyl (C=O) groups excluding carboxylic acids is 2. The fourth-order valence-corrected chi connectivity index (χ4v) is 2.13. The van der Waals surface area contributed by atoms with E-state index in [-0.39, 0.29) is 17.7 Å². The maximum atomic E-state index is 12.0. The average Bonchev–Trinajstić information content (AvgIpc) is 2.39. The molecule has 1 aromatic rings. The molecule has 0 unspecified atom stereocenters. The number of H-pyrrole nitrogens is 1. The molecule has 1 saturated heterocycles.